The number of carbonyl (C=O) groups excluding carboxylic acids is 1. The molecule has 1 heterocycles. The standard InChI is InChI=1S/C19H26ClFN4O2/c1-13-17(14(2)25(23-13)7-6-24(3)8-9-26)11-19(27)22-12-15-4-5-16(21)10-18(15)20/h4-5,10,26H,6-9,11-12H2,1-3H3,(H,22,27). The molecule has 0 atom stereocenters. The second-order valence-electron chi connectivity index (χ2n) is 6.59. The van der Waals surface area contributed by atoms with E-state index in [0.717, 1.165) is 23.5 Å². The van der Waals surface area contributed by atoms with Gasteiger partial charge in [0.05, 0.1) is 25.3 Å². The monoisotopic (exact) mass is 396 g/mol. The molecule has 1 amide bonds. The third-order valence-corrected chi connectivity index (χ3v) is 4.89. The minimum absolute atomic E-state index is 0.122. The van der Waals surface area contributed by atoms with Crippen LogP contribution in [0.4, 0.5) is 4.39 Å². The third kappa shape index (κ3) is 6.02. The van der Waals surface area contributed by atoms with Gasteiger partial charge in [0.1, 0.15) is 5.82 Å². The molecule has 2 N–H and O–H groups in total. The molecule has 0 radical (unpaired) electrons. The Morgan fingerprint density at radius 3 is 2.78 bits per heavy atom. The molecule has 0 aliphatic rings. The Labute approximate surface area is 163 Å². The molecule has 0 aliphatic heterocycles. The van der Waals surface area contributed by atoms with E-state index in [-0.39, 0.29) is 25.5 Å². The highest BCUT2D eigenvalue weighted by Gasteiger charge is 2.15. The van der Waals surface area contributed by atoms with Gasteiger partial charge in [0.2, 0.25) is 5.91 Å². The summed E-state index contributed by atoms with van der Waals surface area (Å²) < 4.78 is 15.0. The van der Waals surface area contributed by atoms with Crippen molar-refractivity contribution in [3.63, 3.8) is 0 Å². The number of amides is 1. The van der Waals surface area contributed by atoms with Crippen molar-refractivity contribution in [3.05, 3.63) is 51.6 Å². The van der Waals surface area contributed by atoms with E-state index in [4.69, 9.17) is 16.7 Å². The number of aliphatic hydroxyl groups is 1. The van der Waals surface area contributed by atoms with Crippen LogP contribution in [0.1, 0.15) is 22.5 Å². The number of likely N-dealkylation sites (N-methyl/N-ethyl adjacent to an activating group) is 1. The number of nitrogens with zero attached hydrogens (tertiary/aromatic N) is 3. The number of aliphatic hydroxyl groups excluding tert-OH is 1. The van der Waals surface area contributed by atoms with Crippen molar-refractivity contribution < 1.29 is 14.3 Å². The topological polar surface area (TPSA) is 70.4 Å². The minimum Gasteiger partial charge on any atom is -0.395 e. The first kappa shape index (κ1) is 21.3. The zero-order chi connectivity index (χ0) is 20.0. The van der Waals surface area contributed by atoms with Crippen molar-refractivity contribution in [1.29, 1.82) is 0 Å². The number of aryl methyl sites for hydroxylation is 1. The Bertz CT molecular complexity index is 794. The maximum Gasteiger partial charge on any atom is 0.224 e. The Morgan fingerprint density at radius 2 is 2.11 bits per heavy atom. The lowest BCUT2D eigenvalue weighted by Crippen LogP contribution is -2.27. The van der Waals surface area contributed by atoms with E-state index in [9.17, 15) is 9.18 Å². The van der Waals surface area contributed by atoms with Gasteiger partial charge >= 0.3 is 0 Å². The van der Waals surface area contributed by atoms with E-state index in [1.54, 1.807) is 6.07 Å². The van der Waals surface area contributed by atoms with Crippen LogP contribution in [0.2, 0.25) is 5.02 Å². The number of hydrogen-bond acceptors (Lipinski definition) is 4. The SMILES string of the molecule is Cc1nn(CCN(C)CCO)c(C)c1CC(=O)NCc1ccc(F)cc1Cl. The number of carbonyl (C=O) groups is 1. The quantitative estimate of drug-likeness (QED) is 0.680. The number of benzene rings is 1. The van der Waals surface area contributed by atoms with Crippen molar-refractivity contribution in [3.8, 4) is 0 Å². The smallest absolute Gasteiger partial charge is 0.224 e. The van der Waals surface area contributed by atoms with Crippen molar-refractivity contribution in [2.45, 2.75) is 33.4 Å². The molecule has 0 saturated heterocycles. The van der Waals surface area contributed by atoms with E-state index < -0.39 is 5.82 Å². The molecule has 0 aliphatic carbocycles. The van der Waals surface area contributed by atoms with Crippen LogP contribution in [-0.4, -0.2) is 52.4 Å². The van der Waals surface area contributed by atoms with Gasteiger partial charge in [-0.15, -0.1) is 0 Å². The highest BCUT2D eigenvalue weighted by atomic mass is 35.5. The molecular formula is C19H26ClFN4O2. The summed E-state index contributed by atoms with van der Waals surface area (Å²) in [4.78, 5) is 14.4. The van der Waals surface area contributed by atoms with Crippen LogP contribution in [-0.2, 0) is 24.3 Å². The highest BCUT2D eigenvalue weighted by molar-refractivity contribution is 6.31. The Balaban J connectivity index is 1.95. The van der Waals surface area contributed by atoms with E-state index >= 15 is 0 Å². The molecule has 0 unspecified atom stereocenters. The van der Waals surface area contributed by atoms with Crippen molar-refractivity contribution in [2.24, 2.45) is 0 Å². The van der Waals surface area contributed by atoms with Gasteiger partial charge in [0.15, 0.2) is 0 Å². The number of aromatic nitrogens is 2. The maximum atomic E-state index is 13.1. The van der Waals surface area contributed by atoms with E-state index in [1.165, 1.54) is 12.1 Å². The van der Waals surface area contributed by atoms with Crippen molar-refractivity contribution >= 4 is 17.5 Å². The van der Waals surface area contributed by atoms with Crippen LogP contribution in [0.15, 0.2) is 18.2 Å². The molecule has 2 aromatic rings. The van der Waals surface area contributed by atoms with Gasteiger partial charge in [0, 0.05) is 35.9 Å². The zero-order valence-electron chi connectivity index (χ0n) is 15.9. The van der Waals surface area contributed by atoms with E-state index in [0.29, 0.717) is 23.7 Å². The predicted molar refractivity (Wildman–Crippen MR) is 103 cm³/mol. The van der Waals surface area contributed by atoms with Crippen molar-refractivity contribution in [1.82, 2.24) is 20.0 Å². The van der Waals surface area contributed by atoms with Gasteiger partial charge in [0.25, 0.3) is 0 Å². The first-order valence-electron chi connectivity index (χ1n) is 8.84. The lowest BCUT2D eigenvalue weighted by molar-refractivity contribution is -0.120. The molecule has 2 rings (SSSR count). The lowest BCUT2D eigenvalue weighted by Gasteiger charge is -2.15. The summed E-state index contributed by atoms with van der Waals surface area (Å²) in [5.41, 5.74) is 3.36. The molecular weight excluding hydrogens is 371 g/mol. The number of rotatable bonds is 9. The van der Waals surface area contributed by atoms with Gasteiger partial charge in [-0.25, -0.2) is 4.39 Å². The molecule has 6 nitrogen and oxygen atoms in total. The minimum atomic E-state index is -0.404. The van der Waals surface area contributed by atoms with Crippen LogP contribution in [0.3, 0.4) is 0 Å². The van der Waals surface area contributed by atoms with Crippen molar-refractivity contribution in [2.75, 3.05) is 26.7 Å². The summed E-state index contributed by atoms with van der Waals surface area (Å²) >= 11 is 5.99. The fraction of sp³-hybridized carbons (Fsp3) is 0.474. The summed E-state index contributed by atoms with van der Waals surface area (Å²) in [5, 5.41) is 16.6. The Hall–Kier alpha value is -1.96. The molecule has 27 heavy (non-hydrogen) atoms. The summed E-state index contributed by atoms with van der Waals surface area (Å²) in [6.45, 7) is 6.27. The largest absolute Gasteiger partial charge is 0.395 e. The number of nitrogens with one attached hydrogen (secondary N) is 1. The van der Waals surface area contributed by atoms with Crippen LogP contribution in [0.25, 0.3) is 0 Å². The zero-order valence-corrected chi connectivity index (χ0v) is 16.7. The average molecular weight is 397 g/mol. The number of halogens is 2. The summed E-state index contributed by atoms with van der Waals surface area (Å²) in [5.74, 6) is -0.545. The van der Waals surface area contributed by atoms with E-state index in [1.807, 2.05) is 30.5 Å². The predicted octanol–water partition coefficient (Wildman–Crippen LogP) is 2.08. The normalized spacial score (nSPS) is 11.2. The molecule has 1 aromatic carbocycles. The molecule has 0 bridgehead atoms. The Kier molecular flexibility index (Phi) is 7.77. The summed E-state index contributed by atoms with van der Waals surface area (Å²) in [7, 11) is 1.94. The van der Waals surface area contributed by atoms with Crippen LogP contribution in [0.5, 0.6) is 0 Å². The molecule has 0 spiro atoms. The first-order valence-corrected chi connectivity index (χ1v) is 9.22. The molecule has 0 fully saturated rings. The molecule has 1 aromatic heterocycles. The van der Waals surface area contributed by atoms with Gasteiger partial charge in [-0.1, -0.05) is 17.7 Å². The van der Waals surface area contributed by atoms with Gasteiger partial charge < -0.3 is 15.3 Å². The molecule has 8 heteroatoms. The fourth-order valence-corrected chi connectivity index (χ4v) is 3.07. The van der Waals surface area contributed by atoms with Crippen LogP contribution < -0.4 is 5.32 Å². The second kappa shape index (κ2) is 9.82. The maximum absolute atomic E-state index is 13.1. The molecule has 0 saturated carbocycles. The van der Waals surface area contributed by atoms with Gasteiger partial charge in [-0.3, -0.25) is 9.48 Å². The van der Waals surface area contributed by atoms with E-state index in [2.05, 4.69) is 10.4 Å². The van der Waals surface area contributed by atoms with Crippen LogP contribution >= 0.6 is 11.6 Å². The highest BCUT2D eigenvalue weighted by Crippen LogP contribution is 2.17. The summed E-state index contributed by atoms with van der Waals surface area (Å²) in [6.07, 6.45) is 0.225. The van der Waals surface area contributed by atoms with Gasteiger partial charge in [-0.2, -0.15) is 5.10 Å². The summed E-state index contributed by atoms with van der Waals surface area (Å²) in [6, 6.07) is 4.12. The van der Waals surface area contributed by atoms with Gasteiger partial charge in [-0.05, 0) is 38.6 Å². The van der Waals surface area contributed by atoms with Crippen LogP contribution in [0, 0.1) is 19.7 Å². The first-order chi connectivity index (χ1) is 12.8. The average Bonchev–Trinajstić information content (AvgIpc) is 2.87. The third-order valence-electron chi connectivity index (χ3n) is 4.54. The second-order valence-corrected chi connectivity index (χ2v) is 7.00. The lowest BCUT2D eigenvalue weighted by atomic mass is 10.1. The molecule has 148 valence electrons. The fourth-order valence-electron chi connectivity index (χ4n) is 2.84. The Morgan fingerprint density at radius 1 is 1.37 bits per heavy atom. The number of hydrogen-bond donors (Lipinski definition) is 2.